The van der Waals surface area contributed by atoms with Gasteiger partial charge in [0.25, 0.3) is 0 Å². The molecule has 0 heterocycles. The van der Waals surface area contributed by atoms with E-state index in [0.29, 0.717) is 0 Å². The summed E-state index contributed by atoms with van der Waals surface area (Å²) in [5.41, 5.74) is -2.29. The molecule has 0 fully saturated rings. The van der Waals surface area contributed by atoms with Crippen molar-refractivity contribution in [2.75, 3.05) is 59.5 Å². The molecule has 0 spiro atoms. The monoisotopic (exact) mass is 328 g/mol. The minimum atomic E-state index is -1.18. The van der Waals surface area contributed by atoms with Gasteiger partial charge in [0, 0.05) is 0 Å². The quantitative estimate of drug-likeness (QED) is 0.147. The average Bonchev–Trinajstić information content (AvgIpc) is 2.56. The first-order valence-corrected chi connectivity index (χ1v) is 6.98. The molecule has 0 aliphatic rings. The first-order valence-electron chi connectivity index (χ1n) is 6.98. The van der Waals surface area contributed by atoms with Gasteiger partial charge in [0.2, 0.25) is 0 Å². The van der Waals surface area contributed by atoms with Crippen LogP contribution in [-0.2, 0) is 14.5 Å². The van der Waals surface area contributed by atoms with E-state index in [9.17, 15) is 0 Å². The average molecular weight is 328 g/mol. The Labute approximate surface area is 129 Å². The Bertz CT molecular complexity index is 224. The van der Waals surface area contributed by atoms with Gasteiger partial charge in [0.05, 0.1) is 70.3 Å². The molecule has 1 unspecified atom stereocenters. The van der Waals surface area contributed by atoms with E-state index in [4.69, 9.17) is 45.2 Å². The predicted molar refractivity (Wildman–Crippen MR) is 74.7 cm³/mol. The van der Waals surface area contributed by atoms with Crippen molar-refractivity contribution < 1.29 is 45.2 Å². The van der Waals surface area contributed by atoms with Crippen LogP contribution in [-0.4, -0.2) is 96.2 Å². The summed E-state index contributed by atoms with van der Waals surface area (Å²) in [4.78, 5) is 9.86. The largest absolute Gasteiger partial charge is 0.396 e. The minimum absolute atomic E-state index is 0.0575. The van der Waals surface area contributed by atoms with Crippen LogP contribution in [0.25, 0.3) is 0 Å². The topological polar surface area (TPSA) is 149 Å². The third kappa shape index (κ3) is 6.82. The highest BCUT2D eigenvalue weighted by molar-refractivity contribution is 4.77. The van der Waals surface area contributed by atoms with E-state index in [2.05, 4.69) is 0 Å². The van der Waals surface area contributed by atoms with Crippen molar-refractivity contribution in [3.63, 3.8) is 0 Å². The van der Waals surface area contributed by atoms with E-state index < -0.39 is 56.6 Å². The Morgan fingerprint density at radius 1 is 0.727 bits per heavy atom. The minimum Gasteiger partial charge on any atom is -0.396 e. The highest BCUT2D eigenvalue weighted by atomic mass is 17.2. The molecule has 0 saturated carbocycles. The van der Waals surface area contributed by atoms with Crippen molar-refractivity contribution in [2.24, 2.45) is 10.8 Å². The van der Waals surface area contributed by atoms with Crippen molar-refractivity contribution in [3.8, 4) is 0 Å². The highest BCUT2D eigenvalue weighted by Gasteiger charge is 2.30. The van der Waals surface area contributed by atoms with Crippen LogP contribution in [0, 0.1) is 10.8 Å². The summed E-state index contributed by atoms with van der Waals surface area (Å²) in [7, 11) is 0. The van der Waals surface area contributed by atoms with Crippen molar-refractivity contribution in [2.45, 2.75) is 13.0 Å². The fourth-order valence-electron chi connectivity index (χ4n) is 1.32. The second-order valence-corrected chi connectivity index (χ2v) is 5.63. The maximum absolute atomic E-state index is 9.13. The Morgan fingerprint density at radius 3 is 1.55 bits per heavy atom. The molecule has 9 heteroatoms. The third-order valence-corrected chi connectivity index (χ3v) is 3.37. The smallest absolute Gasteiger partial charge is 0.113 e. The van der Waals surface area contributed by atoms with Gasteiger partial charge in [0.15, 0.2) is 0 Å². The van der Waals surface area contributed by atoms with Crippen molar-refractivity contribution in [3.05, 3.63) is 0 Å². The number of aliphatic hydroxyl groups excluding tert-OH is 6. The van der Waals surface area contributed by atoms with Crippen molar-refractivity contribution >= 4 is 0 Å². The molecule has 0 aliphatic carbocycles. The van der Waals surface area contributed by atoms with Crippen LogP contribution in [0.3, 0.4) is 0 Å². The van der Waals surface area contributed by atoms with Gasteiger partial charge in [-0.1, -0.05) is 0 Å². The van der Waals surface area contributed by atoms with E-state index in [1.54, 1.807) is 6.92 Å². The Balaban J connectivity index is 4.03. The molecule has 0 bridgehead atoms. The van der Waals surface area contributed by atoms with Gasteiger partial charge in [-0.25, -0.2) is 9.78 Å². The Morgan fingerprint density at radius 2 is 1.14 bits per heavy atom. The second-order valence-electron chi connectivity index (χ2n) is 5.63. The maximum Gasteiger partial charge on any atom is 0.113 e. The van der Waals surface area contributed by atoms with E-state index in [0.717, 1.165) is 0 Å². The number of ether oxygens (including phenoxy) is 1. The summed E-state index contributed by atoms with van der Waals surface area (Å²) in [6.45, 7) is -1.18. The molecule has 0 saturated heterocycles. The first-order chi connectivity index (χ1) is 10.5. The molecule has 0 aromatic rings. The Hall–Kier alpha value is -0.360. The zero-order chi connectivity index (χ0) is 17.1. The van der Waals surface area contributed by atoms with Crippen LogP contribution < -0.4 is 0 Å². The summed E-state index contributed by atoms with van der Waals surface area (Å²) in [6.07, 6.45) is -0.512. The van der Waals surface area contributed by atoms with Crippen LogP contribution in [0.4, 0.5) is 0 Å². The maximum atomic E-state index is 9.13. The summed E-state index contributed by atoms with van der Waals surface area (Å²) in [5.74, 6) is 0. The lowest BCUT2D eigenvalue weighted by Gasteiger charge is -2.28. The van der Waals surface area contributed by atoms with Gasteiger partial charge in [-0.3, -0.25) is 0 Å². The van der Waals surface area contributed by atoms with E-state index in [-0.39, 0.29) is 19.8 Å². The van der Waals surface area contributed by atoms with Crippen LogP contribution in [0.5, 0.6) is 0 Å². The lowest BCUT2D eigenvalue weighted by molar-refractivity contribution is -0.344. The van der Waals surface area contributed by atoms with E-state index >= 15 is 0 Å². The predicted octanol–water partition coefficient (Wildman–Crippen LogP) is -2.73. The van der Waals surface area contributed by atoms with E-state index in [1.807, 2.05) is 0 Å². The molecule has 0 aromatic heterocycles. The standard InChI is InChI=1S/C13H28O9/c1-11(2-20-9-12(3-14,4-15)5-16)22-21-10-13(6-17,7-18)8-19/h11,14-19H,2-10H2,1H3. The van der Waals surface area contributed by atoms with Crippen LogP contribution in [0.2, 0.25) is 0 Å². The first kappa shape index (κ1) is 21.6. The molecule has 22 heavy (non-hydrogen) atoms. The molecule has 6 N–H and O–H groups in total. The summed E-state index contributed by atoms with van der Waals surface area (Å²) in [5, 5.41) is 54.7. The number of aliphatic hydroxyl groups is 6. The molecule has 0 aromatic carbocycles. The molecule has 0 aliphatic heterocycles. The fourth-order valence-corrected chi connectivity index (χ4v) is 1.32. The molecular weight excluding hydrogens is 300 g/mol. The van der Waals surface area contributed by atoms with Gasteiger partial charge >= 0.3 is 0 Å². The molecule has 1 atom stereocenters. The SMILES string of the molecule is CC(COCC(CO)(CO)CO)OOCC(CO)(CO)CO. The summed E-state index contributed by atoms with van der Waals surface area (Å²) >= 11 is 0. The van der Waals surface area contributed by atoms with Gasteiger partial charge in [-0.15, -0.1) is 0 Å². The van der Waals surface area contributed by atoms with Gasteiger partial charge in [-0.05, 0) is 6.92 Å². The van der Waals surface area contributed by atoms with Crippen LogP contribution in [0.1, 0.15) is 6.92 Å². The molecule has 9 nitrogen and oxygen atoms in total. The van der Waals surface area contributed by atoms with Crippen LogP contribution in [0.15, 0.2) is 0 Å². The molecular formula is C13H28O9. The third-order valence-electron chi connectivity index (χ3n) is 3.37. The van der Waals surface area contributed by atoms with Gasteiger partial charge in [-0.2, -0.15) is 0 Å². The molecule has 0 rings (SSSR count). The van der Waals surface area contributed by atoms with Gasteiger partial charge < -0.3 is 35.4 Å². The van der Waals surface area contributed by atoms with Gasteiger partial charge in [0.1, 0.15) is 6.10 Å². The molecule has 0 amide bonds. The summed E-state index contributed by atoms with van der Waals surface area (Å²) in [6, 6.07) is 0. The lowest BCUT2D eigenvalue weighted by atomic mass is 9.93. The normalized spacial score (nSPS) is 14.3. The lowest BCUT2D eigenvalue weighted by Crippen LogP contribution is -2.40. The van der Waals surface area contributed by atoms with Crippen LogP contribution >= 0.6 is 0 Å². The van der Waals surface area contributed by atoms with Crippen molar-refractivity contribution in [1.29, 1.82) is 0 Å². The molecule has 134 valence electrons. The zero-order valence-corrected chi connectivity index (χ0v) is 12.8. The zero-order valence-electron chi connectivity index (χ0n) is 12.8. The fraction of sp³-hybridized carbons (Fsp3) is 1.00. The Kier molecular flexibility index (Phi) is 11.0. The number of rotatable bonds is 14. The number of hydrogen-bond acceptors (Lipinski definition) is 9. The van der Waals surface area contributed by atoms with E-state index in [1.165, 1.54) is 0 Å². The van der Waals surface area contributed by atoms with Crippen molar-refractivity contribution in [1.82, 2.24) is 0 Å². The highest BCUT2D eigenvalue weighted by Crippen LogP contribution is 2.17. The molecule has 0 radical (unpaired) electrons. The second kappa shape index (κ2) is 11.2. The summed E-state index contributed by atoms with van der Waals surface area (Å²) < 4.78 is 5.26. The number of hydrogen-bond donors (Lipinski definition) is 6.